The van der Waals surface area contributed by atoms with Crippen LogP contribution in [0.25, 0.3) is 22.3 Å². The first kappa shape index (κ1) is 14.5. The van der Waals surface area contributed by atoms with E-state index in [1.165, 1.54) is 18.3 Å². The van der Waals surface area contributed by atoms with Crippen LogP contribution in [0.3, 0.4) is 0 Å². The lowest BCUT2D eigenvalue weighted by atomic mass is 10.1. The zero-order chi connectivity index (χ0) is 16.2. The number of nitrogens with one attached hydrogen (secondary N) is 1. The lowest BCUT2D eigenvalue weighted by Gasteiger charge is -2.08. The maximum absolute atomic E-state index is 11.6. The summed E-state index contributed by atoms with van der Waals surface area (Å²) in [6.07, 6.45) is 5.01. The van der Waals surface area contributed by atoms with Crippen LogP contribution in [0.1, 0.15) is 10.5 Å². The van der Waals surface area contributed by atoms with Crippen LogP contribution in [-0.4, -0.2) is 27.1 Å². The van der Waals surface area contributed by atoms with E-state index in [4.69, 9.17) is 0 Å². The number of hydrogen-bond donors (Lipinski definition) is 1. The second kappa shape index (κ2) is 6.15. The molecule has 0 spiro atoms. The fourth-order valence-electron chi connectivity index (χ4n) is 2.16. The van der Waals surface area contributed by atoms with E-state index in [1.807, 2.05) is 18.2 Å². The van der Waals surface area contributed by atoms with Crippen LogP contribution < -0.4 is 5.32 Å². The number of rotatable bonds is 4. The Morgan fingerprint density at radius 3 is 2.74 bits per heavy atom. The van der Waals surface area contributed by atoms with Crippen molar-refractivity contribution in [1.82, 2.24) is 15.0 Å². The minimum absolute atomic E-state index is 0.304. The average Bonchev–Trinajstić information content (AvgIpc) is 2.61. The fourth-order valence-corrected chi connectivity index (χ4v) is 2.16. The number of hydrogen-bond acceptors (Lipinski definition) is 5. The van der Waals surface area contributed by atoms with Gasteiger partial charge in [0.1, 0.15) is 5.69 Å². The van der Waals surface area contributed by atoms with E-state index in [-0.39, 0.29) is 5.91 Å². The van der Waals surface area contributed by atoms with Gasteiger partial charge in [-0.3, -0.25) is 14.6 Å². The van der Waals surface area contributed by atoms with Crippen LogP contribution in [0.15, 0.2) is 55.4 Å². The van der Waals surface area contributed by atoms with Gasteiger partial charge in [0, 0.05) is 23.3 Å². The van der Waals surface area contributed by atoms with Gasteiger partial charge in [0.05, 0.1) is 11.2 Å². The zero-order valence-electron chi connectivity index (χ0n) is 12.1. The molecule has 1 amide bonds. The summed E-state index contributed by atoms with van der Waals surface area (Å²) in [6, 6.07) is 8.69. The van der Waals surface area contributed by atoms with E-state index >= 15 is 0 Å². The van der Waals surface area contributed by atoms with Gasteiger partial charge in [0.25, 0.3) is 0 Å². The standard InChI is InChI=1S/C17H12N4O2/c1-2-16(23)21-15-6-8-18-14-4-3-11(9-13(14)15)17-19-7-5-12(10-22)20-17/h2-10H,1H2,(H,18,21,23). The van der Waals surface area contributed by atoms with Crippen molar-refractivity contribution < 1.29 is 9.59 Å². The van der Waals surface area contributed by atoms with Crippen molar-refractivity contribution in [3.05, 3.63) is 61.1 Å². The number of pyridine rings is 1. The summed E-state index contributed by atoms with van der Waals surface area (Å²) in [5.41, 5.74) is 2.38. The Bertz CT molecular complexity index is 921. The predicted molar refractivity (Wildman–Crippen MR) is 87.0 cm³/mol. The molecule has 2 aromatic heterocycles. The topological polar surface area (TPSA) is 84.8 Å². The summed E-state index contributed by atoms with van der Waals surface area (Å²) in [5, 5.41) is 3.49. The van der Waals surface area contributed by atoms with Crippen molar-refractivity contribution in [2.24, 2.45) is 0 Å². The molecule has 0 radical (unpaired) electrons. The summed E-state index contributed by atoms with van der Waals surface area (Å²) < 4.78 is 0. The number of aldehydes is 1. The van der Waals surface area contributed by atoms with Crippen molar-refractivity contribution in [2.75, 3.05) is 5.32 Å². The Kier molecular flexibility index (Phi) is 3.88. The molecule has 0 saturated carbocycles. The molecule has 3 aromatic rings. The molecule has 3 rings (SSSR count). The number of carbonyl (C=O) groups is 2. The number of aromatic nitrogens is 3. The SMILES string of the molecule is C=CC(=O)Nc1ccnc2ccc(-c3nccc(C=O)n3)cc12. The van der Waals surface area contributed by atoms with Gasteiger partial charge >= 0.3 is 0 Å². The molecule has 2 heterocycles. The molecule has 23 heavy (non-hydrogen) atoms. The third-order valence-corrected chi connectivity index (χ3v) is 3.24. The van der Waals surface area contributed by atoms with Gasteiger partial charge in [-0.2, -0.15) is 0 Å². The number of anilines is 1. The Morgan fingerprint density at radius 1 is 1.13 bits per heavy atom. The molecule has 0 aliphatic carbocycles. The number of benzene rings is 1. The highest BCUT2D eigenvalue weighted by Gasteiger charge is 2.08. The van der Waals surface area contributed by atoms with Crippen LogP contribution in [0, 0.1) is 0 Å². The molecule has 6 nitrogen and oxygen atoms in total. The third kappa shape index (κ3) is 2.96. The zero-order valence-corrected chi connectivity index (χ0v) is 12.1. The van der Waals surface area contributed by atoms with Crippen molar-refractivity contribution >= 4 is 28.8 Å². The summed E-state index contributed by atoms with van der Waals surface area (Å²) in [7, 11) is 0. The first-order valence-electron chi connectivity index (χ1n) is 6.82. The van der Waals surface area contributed by atoms with E-state index < -0.39 is 0 Å². The average molecular weight is 304 g/mol. The number of carbonyl (C=O) groups excluding carboxylic acids is 2. The predicted octanol–water partition coefficient (Wildman–Crippen LogP) is 2.63. The maximum atomic E-state index is 11.6. The minimum atomic E-state index is -0.304. The van der Waals surface area contributed by atoms with Gasteiger partial charge in [-0.05, 0) is 36.4 Å². The van der Waals surface area contributed by atoms with Crippen LogP contribution in [0.2, 0.25) is 0 Å². The molecule has 0 aliphatic rings. The minimum Gasteiger partial charge on any atom is -0.322 e. The third-order valence-electron chi connectivity index (χ3n) is 3.24. The van der Waals surface area contributed by atoms with Gasteiger partial charge in [0.15, 0.2) is 12.1 Å². The highest BCUT2D eigenvalue weighted by molar-refractivity contribution is 6.05. The van der Waals surface area contributed by atoms with Crippen LogP contribution in [-0.2, 0) is 4.79 Å². The van der Waals surface area contributed by atoms with Gasteiger partial charge in [-0.15, -0.1) is 0 Å². The second-order valence-electron chi connectivity index (χ2n) is 4.71. The van der Waals surface area contributed by atoms with Gasteiger partial charge in [-0.25, -0.2) is 9.97 Å². The Balaban J connectivity index is 2.13. The molecule has 1 aromatic carbocycles. The molecule has 1 N–H and O–H groups in total. The fraction of sp³-hybridized carbons (Fsp3) is 0. The summed E-state index contributed by atoms with van der Waals surface area (Å²) in [6.45, 7) is 3.44. The largest absolute Gasteiger partial charge is 0.322 e. The quantitative estimate of drug-likeness (QED) is 0.591. The van der Waals surface area contributed by atoms with E-state index in [1.54, 1.807) is 12.3 Å². The summed E-state index contributed by atoms with van der Waals surface area (Å²) in [4.78, 5) is 35.0. The van der Waals surface area contributed by atoms with Crippen LogP contribution >= 0.6 is 0 Å². The molecule has 6 heteroatoms. The molecular formula is C17H12N4O2. The Hall–Kier alpha value is -3.41. The molecular weight excluding hydrogens is 292 g/mol. The smallest absolute Gasteiger partial charge is 0.247 e. The number of amides is 1. The molecule has 0 aliphatic heterocycles. The first-order valence-corrected chi connectivity index (χ1v) is 6.82. The molecule has 0 bridgehead atoms. The van der Waals surface area contributed by atoms with E-state index in [9.17, 15) is 9.59 Å². The van der Waals surface area contributed by atoms with Gasteiger partial charge in [-0.1, -0.05) is 6.58 Å². The molecule has 0 unspecified atom stereocenters. The maximum Gasteiger partial charge on any atom is 0.247 e. The molecule has 0 saturated heterocycles. The molecule has 0 atom stereocenters. The number of nitrogens with zero attached hydrogens (tertiary/aromatic N) is 3. The molecule has 0 fully saturated rings. The van der Waals surface area contributed by atoms with E-state index in [0.717, 1.165) is 16.5 Å². The van der Waals surface area contributed by atoms with Crippen molar-refractivity contribution in [2.45, 2.75) is 0 Å². The summed E-state index contributed by atoms with van der Waals surface area (Å²) >= 11 is 0. The lowest BCUT2D eigenvalue weighted by molar-refractivity contribution is -0.111. The van der Waals surface area contributed by atoms with Crippen molar-refractivity contribution in [3.63, 3.8) is 0 Å². The normalized spacial score (nSPS) is 10.3. The van der Waals surface area contributed by atoms with Crippen LogP contribution in [0.5, 0.6) is 0 Å². The Labute approximate surface area is 131 Å². The first-order chi connectivity index (χ1) is 11.2. The highest BCUT2D eigenvalue weighted by Crippen LogP contribution is 2.26. The number of fused-ring (bicyclic) bond motifs is 1. The van der Waals surface area contributed by atoms with Crippen molar-refractivity contribution in [3.8, 4) is 11.4 Å². The Morgan fingerprint density at radius 2 is 1.96 bits per heavy atom. The summed E-state index contributed by atoms with van der Waals surface area (Å²) in [5.74, 6) is 0.128. The highest BCUT2D eigenvalue weighted by atomic mass is 16.1. The van der Waals surface area contributed by atoms with Gasteiger partial charge in [0.2, 0.25) is 5.91 Å². The monoisotopic (exact) mass is 304 g/mol. The van der Waals surface area contributed by atoms with Crippen LogP contribution in [0.4, 0.5) is 5.69 Å². The van der Waals surface area contributed by atoms with E-state index in [2.05, 4.69) is 26.8 Å². The van der Waals surface area contributed by atoms with Crippen molar-refractivity contribution in [1.29, 1.82) is 0 Å². The van der Waals surface area contributed by atoms with E-state index in [0.29, 0.717) is 23.5 Å². The second-order valence-corrected chi connectivity index (χ2v) is 4.71. The van der Waals surface area contributed by atoms with Gasteiger partial charge < -0.3 is 5.32 Å². The lowest BCUT2D eigenvalue weighted by Crippen LogP contribution is -2.07. The molecule has 112 valence electrons.